The van der Waals surface area contributed by atoms with Crippen LogP contribution >= 0.6 is 0 Å². The van der Waals surface area contributed by atoms with Crippen LogP contribution in [0.25, 0.3) is 21.5 Å². The van der Waals surface area contributed by atoms with E-state index in [4.69, 9.17) is 0 Å². The minimum atomic E-state index is 0. The molecule has 4 aromatic carbocycles. The van der Waals surface area contributed by atoms with Crippen molar-refractivity contribution in [2.45, 2.75) is 103 Å². The van der Waals surface area contributed by atoms with Crippen LogP contribution in [0.1, 0.15) is 118 Å². The predicted octanol–water partition coefficient (Wildman–Crippen LogP) is 11.2. The Balaban J connectivity index is 0.000000240. The van der Waals surface area contributed by atoms with Gasteiger partial charge >= 0.3 is 30.2 Å². The Hall–Kier alpha value is -1.24. The third-order valence-corrected chi connectivity index (χ3v) is 8.49. The van der Waals surface area contributed by atoms with Crippen molar-refractivity contribution < 1.29 is 23.3 Å². The van der Waals surface area contributed by atoms with E-state index < -0.39 is 0 Å². The summed E-state index contributed by atoms with van der Waals surface area (Å²) in [5, 5.41) is 5.90. The van der Waals surface area contributed by atoms with E-state index in [1.54, 1.807) is 11.1 Å². The molecule has 2 aliphatic rings. The van der Waals surface area contributed by atoms with Crippen molar-refractivity contribution in [3.8, 4) is 0 Å². The van der Waals surface area contributed by atoms with Gasteiger partial charge in [0.15, 0.2) is 0 Å². The fraction of sp³-hybridized carbons (Fsp3) is 0.444. The first-order valence-corrected chi connectivity index (χ1v) is 18.4. The quantitative estimate of drug-likeness (QED) is 0.162. The molecule has 0 N–H and O–H groups in total. The van der Waals surface area contributed by atoms with Gasteiger partial charge in [0.1, 0.15) is 0 Å². The molecule has 0 nitrogen and oxygen atoms in total. The average Bonchev–Trinajstić information content (AvgIpc) is 3.54. The molecule has 0 aliphatic heterocycles. The number of rotatable bonds is 3. The summed E-state index contributed by atoms with van der Waals surface area (Å²) in [4.78, 5) is 0. The summed E-state index contributed by atoms with van der Waals surface area (Å²) in [5.74, 6) is 2.26. The molecule has 6 rings (SSSR count). The van der Waals surface area contributed by atoms with Crippen LogP contribution in [0.2, 0.25) is 0 Å². The zero-order chi connectivity index (χ0) is 25.5. The topological polar surface area (TPSA) is 0 Å². The van der Waals surface area contributed by atoms with Crippen LogP contribution in [0.15, 0.2) is 60.7 Å². The second kappa shape index (κ2) is 16.1. The van der Waals surface area contributed by atoms with E-state index in [2.05, 4.69) is 88.3 Å². The van der Waals surface area contributed by atoms with E-state index >= 15 is 0 Å². The van der Waals surface area contributed by atoms with E-state index in [1.165, 1.54) is 120 Å². The Kier molecular flexibility index (Phi) is 14.0. The van der Waals surface area contributed by atoms with Gasteiger partial charge in [0.2, 0.25) is 0 Å². The van der Waals surface area contributed by atoms with Gasteiger partial charge in [0.05, 0.1) is 0 Å². The molecule has 4 aromatic rings. The molecule has 204 valence electrons. The Morgan fingerprint density at radius 1 is 0.684 bits per heavy atom. The molecular weight excluding hydrogens is 552 g/mol. The summed E-state index contributed by atoms with van der Waals surface area (Å²) < 4.78 is 0. The SMILES string of the molecule is CC(C)c1cc2c(C3CCCCC3)cccc2[cH-]1.Cc1cc2c(C3CCCCC3)cccc2[cH-]1.[CH3-].[CH3-].[Si]=[Zr]. The van der Waals surface area contributed by atoms with Gasteiger partial charge < -0.3 is 14.9 Å². The molecule has 2 saturated carbocycles. The van der Waals surface area contributed by atoms with Gasteiger partial charge in [-0.1, -0.05) is 82.6 Å². The van der Waals surface area contributed by atoms with Crippen LogP contribution in [0, 0.1) is 21.8 Å². The number of benzene rings is 2. The Labute approximate surface area is 250 Å². The van der Waals surface area contributed by atoms with Gasteiger partial charge in [-0.25, -0.2) is 0 Å². The first-order chi connectivity index (χ1) is 17.6. The van der Waals surface area contributed by atoms with Crippen molar-refractivity contribution in [3.63, 3.8) is 0 Å². The second-order valence-electron chi connectivity index (χ2n) is 11.3. The van der Waals surface area contributed by atoms with Gasteiger partial charge in [-0.15, -0.1) is 69.1 Å². The third kappa shape index (κ3) is 7.91. The van der Waals surface area contributed by atoms with E-state index in [-0.39, 0.29) is 14.9 Å². The monoisotopic (exact) mass is 598 g/mol. The summed E-state index contributed by atoms with van der Waals surface area (Å²) in [6.07, 6.45) is 14.1. The van der Waals surface area contributed by atoms with Crippen molar-refractivity contribution in [1.82, 2.24) is 0 Å². The normalized spacial score (nSPS) is 16.1. The van der Waals surface area contributed by atoms with Gasteiger partial charge in [-0.05, 0) is 43.4 Å². The van der Waals surface area contributed by atoms with Crippen molar-refractivity contribution in [2.75, 3.05) is 0 Å². The summed E-state index contributed by atoms with van der Waals surface area (Å²) in [6.45, 7) is 9.83. The molecular formula is C36H48SiZr-4. The Morgan fingerprint density at radius 2 is 1.13 bits per heavy atom. The zero-order valence-corrected chi connectivity index (χ0v) is 28.0. The van der Waals surface area contributed by atoms with Gasteiger partial charge in [-0.2, -0.15) is 12.1 Å². The number of aryl methyl sites for hydroxylation is 1. The van der Waals surface area contributed by atoms with Crippen LogP contribution in [0.5, 0.6) is 0 Å². The molecule has 38 heavy (non-hydrogen) atoms. The first kappa shape index (κ1) is 33.0. The molecule has 0 bridgehead atoms. The molecule has 2 fully saturated rings. The van der Waals surface area contributed by atoms with Crippen LogP contribution in [-0.4, -0.2) is 6.88 Å². The van der Waals surface area contributed by atoms with Crippen molar-refractivity contribution >= 4 is 28.4 Å². The zero-order valence-electron chi connectivity index (χ0n) is 24.6. The van der Waals surface area contributed by atoms with Crippen LogP contribution in [0.3, 0.4) is 0 Å². The Bertz CT molecular complexity index is 1230. The van der Waals surface area contributed by atoms with Crippen LogP contribution in [-0.2, 0) is 23.3 Å². The molecule has 0 aromatic heterocycles. The van der Waals surface area contributed by atoms with E-state index in [0.717, 1.165) is 11.8 Å². The molecule has 2 heteroatoms. The van der Waals surface area contributed by atoms with Crippen molar-refractivity contribution in [3.05, 3.63) is 97.8 Å². The second-order valence-corrected chi connectivity index (χ2v) is 11.3. The fourth-order valence-electron chi connectivity index (χ4n) is 6.56. The molecule has 0 spiro atoms. The minimum absolute atomic E-state index is 0. The average molecular weight is 600 g/mol. The Morgan fingerprint density at radius 3 is 1.61 bits per heavy atom. The molecule has 0 unspecified atom stereocenters. The van der Waals surface area contributed by atoms with Gasteiger partial charge in [-0.3, -0.25) is 0 Å². The summed E-state index contributed by atoms with van der Waals surface area (Å²) in [6, 6.07) is 23.2. The number of hydrogen-bond acceptors (Lipinski definition) is 0. The van der Waals surface area contributed by atoms with Crippen molar-refractivity contribution in [2.24, 2.45) is 0 Å². The summed E-state index contributed by atoms with van der Waals surface area (Å²) >= 11 is 1.36. The third-order valence-electron chi connectivity index (χ3n) is 8.49. The van der Waals surface area contributed by atoms with Crippen molar-refractivity contribution in [1.29, 1.82) is 0 Å². The van der Waals surface area contributed by atoms with Crippen LogP contribution < -0.4 is 0 Å². The van der Waals surface area contributed by atoms with Crippen LogP contribution in [0.4, 0.5) is 0 Å². The number of fused-ring (bicyclic) bond motifs is 2. The summed E-state index contributed by atoms with van der Waals surface area (Å²) in [5.41, 5.74) is 6.11. The van der Waals surface area contributed by atoms with E-state index in [1.807, 2.05) is 0 Å². The maximum absolute atomic E-state index is 3.06. The molecule has 0 amide bonds. The van der Waals surface area contributed by atoms with Gasteiger partial charge in [0, 0.05) is 0 Å². The molecule has 0 saturated heterocycles. The van der Waals surface area contributed by atoms with E-state index in [9.17, 15) is 0 Å². The molecule has 2 radical (unpaired) electrons. The number of hydrogen-bond donors (Lipinski definition) is 0. The van der Waals surface area contributed by atoms with E-state index in [0.29, 0.717) is 5.92 Å². The standard InChI is InChI=1S/C18H23.C16H19.2CH3.Si.Zr/c1-13(2)16-11-15-9-6-10-17(18(15)12-16)14-7-4-3-5-8-14;1-12-10-14-8-5-9-15(16(14)11-12)13-6-3-2-4-7-13;;;;/h6,9-14H,3-5,7-8H2,1-2H3;5,8-11,13H,2-4,6-7H2,1H3;2*1H3;;/q4*-1;;. The maximum atomic E-state index is 3.06. The van der Waals surface area contributed by atoms with Gasteiger partial charge in [0.25, 0.3) is 0 Å². The fourth-order valence-corrected chi connectivity index (χ4v) is 6.56. The molecule has 0 atom stereocenters. The summed E-state index contributed by atoms with van der Waals surface area (Å²) in [7, 11) is 0. The predicted molar refractivity (Wildman–Crippen MR) is 168 cm³/mol. The first-order valence-electron chi connectivity index (χ1n) is 14.2. The molecule has 0 heterocycles. The molecule has 2 aliphatic carbocycles.